The van der Waals surface area contributed by atoms with E-state index in [2.05, 4.69) is 5.10 Å². The number of aliphatic hydroxyl groups is 1. The van der Waals surface area contributed by atoms with Crippen molar-refractivity contribution in [3.63, 3.8) is 0 Å². The summed E-state index contributed by atoms with van der Waals surface area (Å²) in [6, 6.07) is 5.78. The smallest absolute Gasteiger partial charge is 0.287 e. The molecule has 0 fully saturated rings. The van der Waals surface area contributed by atoms with Crippen LogP contribution in [0.5, 0.6) is 0 Å². The molecule has 4 nitrogen and oxygen atoms in total. The third-order valence-corrected chi connectivity index (χ3v) is 4.14. The van der Waals surface area contributed by atoms with Gasteiger partial charge < -0.3 is 5.11 Å². The Morgan fingerprint density at radius 1 is 1.45 bits per heavy atom. The molecule has 0 aliphatic carbocycles. The number of benzene rings is 1. The molecule has 1 aliphatic heterocycles. The van der Waals surface area contributed by atoms with Gasteiger partial charge in [-0.3, -0.25) is 4.79 Å². The summed E-state index contributed by atoms with van der Waals surface area (Å²) in [7, 11) is 0. The van der Waals surface area contributed by atoms with Gasteiger partial charge in [-0.15, -0.1) is 11.8 Å². The van der Waals surface area contributed by atoms with Gasteiger partial charge in [-0.1, -0.05) is 12.1 Å². The number of carbonyl (C=O) groups is 1. The van der Waals surface area contributed by atoms with Crippen LogP contribution in [-0.4, -0.2) is 39.6 Å². The van der Waals surface area contributed by atoms with Crippen LogP contribution >= 0.6 is 11.8 Å². The van der Waals surface area contributed by atoms with Crippen molar-refractivity contribution >= 4 is 23.4 Å². The number of thioether (sulfide) groups is 1. The lowest BCUT2D eigenvalue weighted by atomic mass is 10.1. The fourth-order valence-corrected chi connectivity index (χ4v) is 2.91. The van der Waals surface area contributed by atoms with E-state index in [0.717, 1.165) is 5.56 Å². The van der Waals surface area contributed by atoms with Crippen molar-refractivity contribution < 1.29 is 23.1 Å². The van der Waals surface area contributed by atoms with Crippen LogP contribution in [-0.2, 0) is 10.5 Å². The van der Waals surface area contributed by atoms with Gasteiger partial charge in [-0.05, 0) is 24.6 Å². The summed E-state index contributed by atoms with van der Waals surface area (Å²) in [4.78, 5) is 12.0. The van der Waals surface area contributed by atoms with E-state index in [4.69, 9.17) is 0 Å². The molecule has 22 heavy (non-hydrogen) atoms. The highest BCUT2D eigenvalue weighted by molar-refractivity contribution is 7.99. The molecular formula is C14H15F3N2O2S. The van der Waals surface area contributed by atoms with Crippen LogP contribution in [0, 0.1) is 5.82 Å². The van der Waals surface area contributed by atoms with E-state index in [0.29, 0.717) is 10.8 Å². The Bertz CT molecular complexity index is 580. The third kappa shape index (κ3) is 3.61. The van der Waals surface area contributed by atoms with Crippen molar-refractivity contribution in [2.75, 3.05) is 5.75 Å². The van der Waals surface area contributed by atoms with Crippen LogP contribution in [0.1, 0.15) is 18.9 Å². The first kappa shape index (κ1) is 16.8. The molecule has 2 rings (SSSR count). The molecule has 1 atom stereocenters. The normalized spacial score (nSPS) is 21.4. The lowest BCUT2D eigenvalue weighted by molar-refractivity contribution is -0.190. The highest BCUT2D eigenvalue weighted by Crippen LogP contribution is 2.31. The summed E-state index contributed by atoms with van der Waals surface area (Å²) in [5.41, 5.74) is -1.47. The Kier molecular flexibility index (Phi) is 5.12. The molecule has 0 spiro atoms. The minimum atomic E-state index is -3.10. The zero-order valence-corrected chi connectivity index (χ0v) is 12.6. The number of halogens is 3. The Balaban J connectivity index is 1.92. The summed E-state index contributed by atoms with van der Waals surface area (Å²) in [5.74, 6) is -0.723. The monoisotopic (exact) mass is 332 g/mol. The second kappa shape index (κ2) is 6.70. The first-order valence-electron chi connectivity index (χ1n) is 6.53. The average Bonchev–Trinajstić information content (AvgIpc) is 2.77. The van der Waals surface area contributed by atoms with Gasteiger partial charge in [-0.25, -0.2) is 13.2 Å². The van der Waals surface area contributed by atoms with E-state index in [1.165, 1.54) is 30.8 Å². The summed E-state index contributed by atoms with van der Waals surface area (Å²) < 4.78 is 38.7. The number of rotatable bonds is 5. The van der Waals surface area contributed by atoms with Crippen LogP contribution < -0.4 is 0 Å². The van der Waals surface area contributed by atoms with Gasteiger partial charge in [0.25, 0.3) is 12.3 Å². The fraction of sp³-hybridized carbons (Fsp3) is 0.429. The summed E-state index contributed by atoms with van der Waals surface area (Å²) in [6.07, 6.45) is -3.46. The Morgan fingerprint density at radius 2 is 2.09 bits per heavy atom. The highest BCUT2D eigenvalue weighted by atomic mass is 32.2. The number of hydrogen-bond acceptors (Lipinski definition) is 4. The van der Waals surface area contributed by atoms with E-state index in [-0.39, 0.29) is 23.7 Å². The van der Waals surface area contributed by atoms with Crippen molar-refractivity contribution in [3.05, 3.63) is 35.6 Å². The third-order valence-electron chi connectivity index (χ3n) is 3.15. The predicted molar refractivity (Wildman–Crippen MR) is 78.1 cm³/mol. The Hall–Kier alpha value is -1.54. The van der Waals surface area contributed by atoms with Crippen molar-refractivity contribution in [2.45, 2.75) is 31.2 Å². The number of alkyl halides is 2. The van der Waals surface area contributed by atoms with Crippen molar-refractivity contribution in [1.82, 2.24) is 5.01 Å². The molecule has 1 N–H and O–H groups in total. The fourth-order valence-electron chi connectivity index (χ4n) is 2.08. The lowest BCUT2D eigenvalue weighted by Crippen LogP contribution is -2.52. The van der Waals surface area contributed by atoms with Crippen LogP contribution in [0.3, 0.4) is 0 Å². The van der Waals surface area contributed by atoms with Gasteiger partial charge in [0.1, 0.15) is 5.82 Å². The van der Waals surface area contributed by atoms with Gasteiger partial charge in [-0.2, -0.15) is 10.1 Å². The van der Waals surface area contributed by atoms with Gasteiger partial charge in [0, 0.05) is 17.9 Å². The van der Waals surface area contributed by atoms with E-state index >= 15 is 0 Å². The molecule has 1 aliphatic rings. The van der Waals surface area contributed by atoms with Crippen molar-refractivity contribution in [3.8, 4) is 0 Å². The van der Waals surface area contributed by atoms with E-state index in [9.17, 15) is 23.1 Å². The number of hydrogen-bond donors (Lipinski definition) is 1. The molecule has 0 radical (unpaired) electrons. The van der Waals surface area contributed by atoms with E-state index < -0.39 is 18.1 Å². The summed E-state index contributed by atoms with van der Waals surface area (Å²) in [6.45, 7) is 1.48. The number of carbonyl (C=O) groups excluding carboxylic acids is 1. The maximum absolute atomic E-state index is 13.0. The molecule has 1 amide bonds. The van der Waals surface area contributed by atoms with Crippen LogP contribution in [0.4, 0.5) is 13.2 Å². The molecule has 0 saturated heterocycles. The topological polar surface area (TPSA) is 52.9 Å². The highest BCUT2D eigenvalue weighted by Gasteiger charge is 2.50. The second-order valence-corrected chi connectivity index (χ2v) is 6.00. The minimum Gasteiger partial charge on any atom is -0.364 e. The molecule has 1 heterocycles. The van der Waals surface area contributed by atoms with E-state index in [1.54, 1.807) is 12.1 Å². The SMILES string of the molecule is CC1=NN(C(=O)CSCc2ccc(F)cc2)[C@@](O)(C(F)F)C1. The predicted octanol–water partition coefficient (Wildman–Crippen LogP) is 2.62. The Labute approximate surface area is 130 Å². The zero-order valence-electron chi connectivity index (χ0n) is 11.8. The molecule has 0 unspecified atom stereocenters. The standard InChI is InChI=1S/C14H15F3N2O2S/c1-9-6-14(21,13(16)17)19(18-9)12(20)8-22-7-10-2-4-11(15)5-3-10/h2-5,13,21H,6-8H2,1H3/t14-/m0/s1. The van der Waals surface area contributed by atoms with Crippen LogP contribution in [0.25, 0.3) is 0 Å². The van der Waals surface area contributed by atoms with Gasteiger partial charge >= 0.3 is 0 Å². The quantitative estimate of drug-likeness (QED) is 0.902. The van der Waals surface area contributed by atoms with Gasteiger partial charge in [0.15, 0.2) is 0 Å². The van der Waals surface area contributed by atoms with E-state index in [1.807, 2.05) is 0 Å². The second-order valence-electron chi connectivity index (χ2n) is 5.02. The average molecular weight is 332 g/mol. The Morgan fingerprint density at radius 3 is 2.68 bits per heavy atom. The molecular weight excluding hydrogens is 317 g/mol. The maximum atomic E-state index is 13.0. The van der Waals surface area contributed by atoms with Gasteiger partial charge in [0.05, 0.1) is 5.75 Å². The van der Waals surface area contributed by atoms with Crippen molar-refractivity contribution in [2.24, 2.45) is 5.10 Å². The molecule has 120 valence electrons. The number of amides is 1. The summed E-state index contributed by atoms with van der Waals surface area (Å²) >= 11 is 1.18. The molecule has 0 aromatic heterocycles. The van der Waals surface area contributed by atoms with Crippen LogP contribution in [0.15, 0.2) is 29.4 Å². The molecule has 0 bridgehead atoms. The molecule has 1 aromatic rings. The molecule has 1 aromatic carbocycles. The largest absolute Gasteiger partial charge is 0.364 e. The minimum absolute atomic E-state index is 0.108. The van der Waals surface area contributed by atoms with Gasteiger partial charge in [0.2, 0.25) is 5.72 Å². The summed E-state index contributed by atoms with van der Waals surface area (Å²) in [5, 5.41) is 14.1. The lowest BCUT2D eigenvalue weighted by Gasteiger charge is -2.29. The zero-order chi connectivity index (χ0) is 16.3. The molecule has 0 saturated carbocycles. The number of nitrogens with zero attached hydrogens (tertiary/aromatic N) is 2. The first-order valence-corrected chi connectivity index (χ1v) is 7.68. The van der Waals surface area contributed by atoms with Crippen LogP contribution in [0.2, 0.25) is 0 Å². The van der Waals surface area contributed by atoms with Crippen molar-refractivity contribution in [1.29, 1.82) is 0 Å². The molecule has 8 heteroatoms. The number of hydrazone groups is 1. The first-order chi connectivity index (χ1) is 10.3. The maximum Gasteiger partial charge on any atom is 0.287 e.